The van der Waals surface area contributed by atoms with Crippen molar-refractivity contribution >= 4 is 29.0 Å². The van der Waals surface area contributed by atoms with Crippen LogP contribution in [0.5, 0.6) is 0 Å². The number of carbonyl (C=O) groups excluding carboxylic acids is 1. The number of benzene rings is 1. The molecule has 0 amide bonds. The second-order valence-electron chi connectivity index (χ2n) is 5.89. The summed E-state index contributed by atoms with van der Waals surface area (Å²) in [5.74, 6) is 0. The lowest BCUT2D eigenvalue weighted by molar-refractivity contribution is -0.117. The van der Waals surface area contributed by atoms with E-state index in [0.29, 0.717) is 17.5 Å². The van der Waals surface area contributed by atoms with Crippen molar-refractivity contribution in [2.75, 3.05) is 11.9 Å². The number of H-pyrrole nitrogens is 1. The van der Waals surface area contributed by atoms with Crippen molar-refractivity contribution in [3.05, 3.63) is 46.3 Å². The van der Waals surface area contributed by atoms with Gasteiger partial charge in [-0.15, -0.1) is 0 Å². The third kappa shape index (κ3) is 4.36. The Morgan fingerprint density at radius 3 is 2.54 bits per heavy atom. The van der Waals surface area contributed by atoms with Crippen molar-refractivity contribution < 1.29 is 25.2 Å². The van der Waals surface area contributed by atoms with Crippen molar-refractivity contribution in [1.82, 2.24) is 4.98 Å². The number of hydrogen-bond donors (Lipinski definition) is 6. The average molecular weight is 362 g/mol. The summed E-state index contributed by atoms with van der Waals surface area (Å²) in [6.45, 7) is 1.08. The topological polar surface area (TPSA) is 143 Å². The molecule has 1 heterocycles. The summed E-state index contributed by atoms with van der Waals surface area (Å²) in [7, 11) is 0. The molecular weight excluding hydrogens is 340 g/mol. The number of fused-ring (bicyclic) bond motifs is 1. The zero-order valence-corrected chi connectivity index (χ0v) is 14.2. The van der Waals surface area contributed by atoms with Gasteiger partial charge in [-0.3, -0.25) is 4.79 Å². The summed E-state index contributed by atoms with van der Waals surface area (Å²) >= 11 is 0. The number of aliphatic hydroxyl groups excluding tert-OH is 4. The summed E-state index contributed by atoms with van der Waals surface area (Å²) in [6, 6.07) is 5.25. The van der Waals surface area contributed by atoms with Gasteiger partial charge in [0.2, 0.25) is 5.56 Å². The number of anilines is 1. The van der Waals surface area contributed by atoms with Crippen LogP contribution in [0.2, 0.25) is 0 Å². The first kappa shape index (κ1) is 19.8. The molecule has 0 radical (unpaired) electrons. The highest BCUT2D eigenvalue weighted by molar-refractivity contribution is 5.90. The van der Waals surface area contributed by atoms with E-state index in [2.05, 4.69) is 10.3 Å². The molecule has 8 heteroatoms. The maximum absolute atomic E-state index is 11.8. The number of rotatable bonds is 8. The normalized spacial score (nSPS) is 16.3. The molecule has 0 aliphatic carbocycles. The molecule has 0 aliphatic rings. The van der Waals surface area contributed by atoms with E-state index >= 15 is 0 Å². The fourth-order valence-electron chi connectivity index (χ4n) is 2.63. The SMILES string of the molecule is CC=Cc1cc(=O)[nH]c2cc(N[C@H](C=O)[C@H](O)[C@@H](O)[C@@H](O)CO)ccc12. The van der Waals surface area contributed by atoms with Gasteiger partial charge in [0.25, 0.3) is 0 Å². The van der Waals surface area contributed by atoms with Crippen molar-refractivity contribution in [2.45, 2.75) is 31.3 Å². The van der Waals surface area contributed by atoms with Gasteiger partial charge in [-0.25, -0.2) is 0 Å². The second-order valence-corrected chi connectivity index (χ2v) is 5.89. The number of pyridine rings is 1. The summed E-state index contributed by atoms with van der Waals surface area (Å²) in [5, 5.41) is 41.6. The molecule has 8 nitrogen and oxygen atoms in total. The Morgan fingerprint density at radius 2 is 1.92 bits per heavy atom. The molecule has 1 aromatic heterocycles. The molecule has 0 saturated carbocycles. The van der Waals surface area contributed by atoms with Gasteiger partial charge in [0, 0.05) is 17.1 Å². The Bertz CT molecular complexity index is 847. The first-order chi connectivity index (χ1) is 12.4. The van der Waals surface area contributed by atoms with Crippen LogP contribution in [0, 0.1) is 0 Å². The highest BCUT2D eigenvalue weighted by Crippen LogP contribution is 2.21. The Morgan fingerprint density at radius 1 is 1.19 bits per heavy atom. The molecule has 140 valence electrons. The fourth-order valence-corrected chi connectivity index (χ4v) is 2.63. The van der Waals surface area contributed by atoms with Gasteiger partial charge in [0.05, 0.1) is 12.1 Å². The van der Waals surface area contributed by atoms with Crippen molar-refractivity contribution in [1.29, 1.82) is 0 Å². The summed E-state index contributed by atoms with van der Waals surface area (Å²) in [6.07, 6.45) is -0.919. The third-order valence-corrected chi connectivity index (χ3v) is 4.00. The van der Waals surface area contributed by atoms with Crippen LogP contribution in [0.25, 0.3) is 17.0 Å². The summed E-state index contributed by atoms with van der Waals surface area (Å²) in [4.78, 5) is 25.8. The molecule has 2 rings (SSSR count). The largest absolute Gasteiger partial charge is 0.394 e. The van der Waals surface area contributed by atoms with E-state index in [4.69, 9.17) is 5.11 Å². The van der Waals surface area contributed by atoms with Crippen LogP contribution >= 0.6 is 0 Å². The Kier molecular flexibility index (Phi) is 6.64. The van der Waals surface area contributed by atoms with E-state index in [1.165, 1.54) is 6.07 Å². The lowest BCUT2D eigenvalue weighted by atomic mass is 10.0. The van der Waals surface area contributed by atoms with E-state index in [-0.39, 0.29) is 5.56 Å². The Labute approximate surface area is 149 Å². The van der Waals surface area contributed by atoms with E-state index in [1.54, 1.807) is 24.3 Å². The standard InChI is InChI=1S/C18H22N2O6/c1-2-3-10-6-16(24)20-13-7-11(4-5-12(10)13)19-14(8-21)17(25)18(26)15(23)9-22/h2-8,14-15,17-19,22-23,25-26H,9H2,1H3,(H,20,24)/t14-,15+,17+,18+/m1/s1. The van der Waals surface area contributed by atoms with E-state index in [0.717, 1.165) is 10.9 Å². The maximum Gasteiger partial charge on any atom is 0.249 e. The summed E-state index contributed by atoms with van der Waals surface area (Å²) < 4.78 is 0. The number of hydrogen-bond acceptors (Lipinski definition) is 7. The number of aromatic amines is 1. The minimum atomic E-state index is -1.70. The quantitative estimate of drug-likeness (QED) is 0.351. The number of allylic oxidation sites excluding steroid dienone is 1. The number of nitrogens with one attached hydrogen (secondary N) is 2. The van der Waals surface area contributed by atoms with Crippen LogP contribution in [0.3, 0.4) is 0 Å². The number of carbonyl (C=O) groups is 1. The van der Waals surface area contributed by atoms with Crippen LogP contribution in [0.1, 0.15) is 12.5 Å². The lowest BCUT2D eigenvalue weighted by Gasteiger charge is -2.26. The average Bonchev–Trinajstić information content (AvgIpc) is 2.64. The zero-order valence-electron chi connectivity index (χ0n) is 14.2. The van der Waals surface area contributed by atoms with Crippen molar-refractivity contribution in [3.8, 4) is 0 Å². The van der Waals surface area contributed by atoms with Gasteiger partial charge in [-0.05, 0) is 24.6 Å². The molecule has 2 aromatic rings. The third-order valence-electron chi connectivity index (χ3n) is 4.00. The molecule has 0 bridgehead atoms. The Balaban J connectivity index is 2.32. The highest BCUT2D eigenvalue weighted by atomic mass is 16.4. The molecule has 6 N–H and O–H groups in total. The highest BCUT2D eigenvalue weighted by Gasteiger charge is 2.31. The van der Waals surface area contributed by atoms with Crippen LogP contribution in [0.15, 0.2) is 35.1 Å². The van der Waals surface area contributed by atoms with E-state index < -0.39 is 31.0 Å². The van der Waals surface area contributed by atoms with Crippen LogP contribution < -0.4 is 10.9 Å². The van der Waals surface area contributed by atoms with Gasteiger partial charge in [0.1, 0.15) is 30.6 Å². The predicted octanol–water partition coefficient (Wildman–Crippen LogP) is -0.384. The van der Waals surface area contributed by atoms with Crippen molar-refractivity contribution in [2.24, 2.45) is 0 Å². The predicted molar refractivity (Wildman–Crippen MR) is 97.9 cm³/mol. The summed E-state index contributed by atoms with van der Waals surface area (Å²) in [5.41, 5.74) is 1.42. The fraction of sp³-hybridized carbons (Fsp3) is 0.333. The molecular formula is C18H22N2O6. The molecule has 0 fully saturated rings. The molecule has 0 aliphatic heterocycles. The molecule has 0 unspecified atom stereocenters. The van der Waals surface area contributed by atoms with Gasteiger partial charge >= 0.3 is 0 Å². The minimum absolute atomic E-state index is 0.281. The first-order valence-corrected chi connectivity index (χ1v) is 8.08. The van der Waals surface area contributed by atoms with Gasteiger partial charge < -0.3 is 35.5 Å². The maximum atomic E-state index is 11.8. The van der Waals surface area contributed by atoms with Gasteiger partial charge in [-0.2, -0.15) is 0 Å². The van der Waals surface area contributed by atoms with Gasteiger partial charge in [-0.1, -0.05) is 18.2 Å². The van der Waals surface area contributed by atoms with Crippen LogP contribution in [-0.2, 0) is 4.79 Å². The molecule has 1 aromatic carbocycles. The molecule has 4 atom stereocenters. The smallest absolute Gasteiger partial charge is 0.249 e. The monoisotopic (exact) mass is 362 g/mol. The molecule has 0 saturated heterocycles. The van der Waals surface area contributed by atoms with Crippen LogP contribution in [-0.4, -0.2) is 62.7 Å². The van der Waals surface area contributed by atoms with E-state index in [1.807, 2.05) is 13.0 Å². The van der Waals surface area contributed by atoms with Crippen LogP contribution in [0.4, 0.5) is 5.69 Å². The van der Waals surface area contributed by atoms with E-state index in [9.17, 15) is 24.9 Å². The molecule has 26 heavy (non-hydrogen) atoms. The minimum Gasteiger partial charge on any atom is -0.394 e. The Hall–Kier alpha value is -2.52. The lowest BCUT2D eigenvalue weighted by Crippen LogP contribution is -2.49. The number of aliphatic hydroxyl groups is 4. The molecule has 0 spiro atoms. The second kappa shape index (κ2) is 8.72. The number of aldehydes is 1. The van der Waals surface area contributed by atoms with Gasteiger partial charge in [0.15, 0.2) is 0 Å². The zero-order chi connectivity index (χ0) is 19.3. The number of aromatic nitrogens is 1. The van der Waals surface area contributed by atoms with Crippen molar-refractivity contribution in [3.63, 3.8) is 0 Å². The first-order valence-electron chi connectivity index (χ1n) is 8.08.